The standard InChI is InChI=1S/C32H37F2N/c1-2-3-4-5-6-7-23-8-12-25(13-9-23)27-18-19-30-28(21-27)17-16-26(32(30)34)14-10-24-11-15-29(22-35)31(33)20-24/h11,15-21,23,25H,2-10,12-14H2,1H3. The summed E-state index contributed by atoms with van der Waals surface area (Å²) in [6.07, 6.45) is 14.4. The predicted octanol–water partition coefficient (Wildman–Crippen LogP) is 9.41. The summed E-state index contributed by atoms with van der Waals surface area (Å²) >= 11 is 0. The van der Waals surface area contributed by atoms with Crippen molar-refractivity contribution in [2.75, 3.05) is 0 Å². The third-order valence-electron chi connectivity index (χ3n) is 7.93. The van der Waals surface area contributed by atoms with Crippen molar-refractivity contribution in [2.24, 2.45) is 5.92 Å². The summed E-state index contributed by atoms with van der Waals surface area (Å²) in [4.78, 5) is 0. The van der Waals surface area contributed by atoms with Crippen molar-refractivity contribution < 1.29 is 8.78 Å². The van der Waals surface area contributed by atoms with E-state index in [0.29, 0.717) is 29.7 Å². The van der Waals surface area contributed by atoms with Crippen molar-refractivity contribution in [3.63, 3.8) is 0 Å². The Labute approximate surface area is 209 Å². The molecule has 1 saturated carbocycles. The van der Waals surface area contributed by atoms with Crippen LogP contribution in [0.5, 0.6) is 0 Å². The highest BCUT2D eigenvalue weighted by Gasteiger charge is 2.22. The van der Waals surface area contributed by atoms with Gasteiger partial charge in [-0.05, 0) is 84.6 Å². The molecular weight excluding hydrogens is 436 g/mol. The van der Waals surface area contributed by atoms with Gasteiger partial charge < -0.3 is 0 Å². The van der Waals surface area contributed by atoms with Gasteiger partial charge in [0.2, 0.25) is 0 Å². The van der Waals surface area contributed by atoms with Crippen molar-refractivity contribution in [3.8, 4) is 6.07 Å². The minimum Gasteiger partial charge on any atom is -0.206 e. The molecule has 0 unspecified atom stereocenters. The minimum absolute atomic E-state index is 0.0392. The van der Waals surface area contributed by atoms with Crippen molar-refractivity contribution in [2.45, 2.75) is 89.9 Å². The number of rotatable bonds is 10. The number of unbranched alkanes of at least 4 members (excludes halogenated alkanes) is 4. The summed E-state index contributed by atoms with van der Waals surface area (Å²) in [7, 11) is 0. The third kappa shape index (κ3) is 6.49. The Bertz CT molecular complexity index is 1170. The van der Waals surface area contributed by atoms with Crippen LogP contribution < -0.4 is 0 Å². The van der Waals surface area contributed by atoms with Crippen LogP contribution in [0.2, 0.25) is 0 Å². The smallest absolute Gasteiger partial charge is 0.141 e. The fraction of sp³-hybridized carbons (Fsp3) is 0.469. The van der Waals surface area contributed by atoms with E-state index in [1.807, 2.05) is 24.3 Å². The van der Waals surface area contributed by atoms with Crippen LogP contribution in [-0.4, -0.2) is 0 Å². The van der Waals surface area contributed by atoms with Crippen LogP contribution in [0.15, 0.2) is 48.5 Å². The van der Waals surface area contributed by atoms with E-state index >= 15 is 4.39 Å². The number of benzene rings is 3. The first kappa shape index (κ1) is 25.4. The highest BCUT2D eigenvalue weighted by atomic mass is 19.1. The summed E-state index contributed by atoms with van der Waals surface area (Å²) in [6, 6.07) is 16.6. The molecule has 0 atom stereocenters. The lowest BCUT2D eigenvalue weighted by Gasteiger charge is -2.29. The van der Waals surface area contributed by atoms with Crippen LogP contribution in [0.4, 0.5) is 8.78 Å². The largest absolute Gasteiger partial charge is 0.206 e. The first-order chi connectivity index (χ1) is 17.1. The second-order valence-electron chi connectivity index (χ2n) is 10.4. The molecule has 184 valence electrons. The zero-order valence-electron chi connectivity index (χ0n) is 21.0. The van der Waals surface area contributed by atoms with Crippen molar-refractivity contribution in [3.05, 3.63) is 82.4 Å². The monoisotopic (exact) mass is 473 g/mol. The van der Waals surface area contributed by atoms with Crippen LogP contribution >= 0.6 is 0 Å². The van der Waals surface area contributed by atoms with Gasteiger partial charge in [-0.2, -0.15) is 5.26 Å². The lowest BCUT2D eigenvalue weighted by molar-refractivity contribution is 0.302. The van der Waals surface area contributed by atoms with Crippen molar-refractivity contribution >= 4 is 10.8 Å². The van der Waals surface area contributed by atoms with Gasteiger partial charge in [-0.25, -0.2) is 8.78 Å². The molecule has 0 amide bonds. The van der Waals surface area contributed by atoms with Crippen LogP contribution in [0.1, 0.15) is 99.3 Å². The Morgan fingerprint density at radius 3 is 2.40 bits per heavy atom. The molecule has 3 heteroatoms. The zero-order chi connectivity index (χ0) is 24.6. The Balaban J connectivity index is 1.35. The highest BCUT2D eigenvalue weighted by Crippen LogP contribution is 2.39. The van der Waals surface area contributed by atoms with Crippen molar-refractivity contribution in [1.29, 1.82) is 5.26 Å². The van der Waals surface area contributed by atoms with Crippen LogP contribution in [-0.2, 0) is 12.8 Å². The van der Waals surface area contributed by atoms with Gasteiger partial charge in [-0.1, -0.05) is 81.8 Å². The fourth-order valence-electron chi connectivity index (χ4n) is 5.71. The summed E-state index contributed by atoms with van der Waals surface area (Å²) in [5, 5.41) is 10.5. The summed E-state index contributed by atoms with van der Waals surface area (Å²) in [6.45, 7) is 2.27. The quantitative estimate of drug-likeness (QED) is 0.269. The lowest BCUT2D eigenvalue weighted by Crippen LogP contribution is -2.13. The van der Waals surface area contributed by atoms with Gasteiger partial charge in [0.25, 0.3) is 0 Å². The molecule has 0 N–H and O–H groups in total. The maximum atomic E-state index is 15.3. The molecule has 0 heterocycles. The summed E-state index contributed by atoms with van der Waals surface area (Å²) in [5.74, 6) is 0.787. The van der Waals surface area contributed by atoms with E-state index in [0.717, 1.165) is 16.9 Å². The molecule has 1 aliphatic carbocycles. The number of nitriles is 1. The Kier molecular flexibility index (Phi) is 8.91. The van der Waals surface area contributed by atoms with E-state index in [1.54, 1.807) is 6.07 Å². The van der Waals surface area contributed by atoms with E-state index in [1.165, 1.54) is 81.9 Å². The first-order valence-corrected chi connectivity index (χ1v) is 13.5. The number of hydrogen-bond donors (Lipinski definition) is 0. The molecule has 3 aromatic carbocycles. The van der Waals surface area contributed by atoms with E-state index in [4.69, 9.17) is 5.26 Å². The molecule has 1 aliphatic rings. The van der Waals surface area contributed by atoms with Gasteiger partial charge in [-0.15, -0.1) is 0 Å². The number of halogens is 2. The molecule has 0 bridgehead atoms. The molecule has 1 nitrogen and oxygen atoms in total. The Morgan fingerprint density at radius 1 is 0.857 bits per heavy atom. The second-order valence-corrected chi connectivity index (χ2v) is 10.4. The number of hydrogen-bond acceptors (Lipinski definition) is 1. The number of nitrogens with zero attached hydrogens (tertiary/aromatic N) is 1. The SMILES string of the molecule is CCCCCCCC1CCC(c2ccc3c(F)c(CCc4ccc(C#N)c(F)c4)ccc3c2)CC1. The average Bonchev–Trinajstić information content (AvgIpc) is 2.88. The molecule has 3 aromatic rings. The minimum atomic E-state index is -0.516. The van der Waals surface area contributed by atoms with Crippen LogP contribution in [0.25, 0.3) is 10.8 Å². The van der Waals surface area contributed by atoms with Crippen LogP contribution in [0.3, 0.4) is 0 Å². The van der Waals surface area contributed by atoms with E-state index in [9.17, 15) is 4.39 Å². The maximum Gasteiger partial charge on any atom is 0.141 e. The van der Waals surface area contributed by atoms with Gasteiger partial charge in [0.15, 0.2) is 0 Å². The molecule has 0 aliphatic heterocycles. The Hall–Kier alpha value is -2.73. The molecule has 4 rings (SSSR count). The lowest BCUT2D eigenvalue weighted by atomic mass is 9.76. The van der Waals surface area contributed by atoms with E-state index < -0.39 is 5.82 Å². The van der Waals surface area contributed by atoms with Crippen LogP contribution in [0, 0.1) is 28.9 Å². The van der Waals surface area contributed by atoms with E-state index in [-0.39, 0.29) is 11.4 Å². The van der Waals surface area contributed by atoms with Gasteiger partial charge >= 0.3 is 0 Å². The molecule has 1 fully saturated rings. The molecular formula is C32H37F2N. The molecule has 0 saturated heterocycles. The summed E-state index contributed by atoms with van der Waals surface area (Å²) in [5.41, 5.74) is 2.80. The van der Waals surface area contributed by atoms with Crippen molar-refractivity contribution in [1.82, 2.24) is 0 Å². The van der Waals surface area contributed by atoms with Gasteiger partial charge in [0.05, 0.1) is 5.56 Å². The predicted molar refractivity (Wildman–Crippen MR) is 141 cm³/mol. The second kappa shape index (κ2) is 12.3. The first-order valence-electron chi connectivity index (χ1n) is 13.5. The van der Waals surface area contributed by atoms with Gasteiger partial charge in [0, 0.05) is 5.39 Å². The number of aryl methyl sites for hydroxylation is 2. The normalized spacial score (nSPS) is 18.0. The number of fused-ring (bicyclic) bond motifs is 1. The van der Waals surface area contributed by atoms with E-state index in [2.05, 4.69) is 19.1 Å². The molecule has 0 aromatic heterocycles. The molecule has 0 radical (unpaired) electrons. The fourth-order valence-corrected chi connectivity index (χ4v) is 5.71. The van der Waals surface area contributed by atoms with Gasteiger partial charge in [0.1, 0.15) is 17.7 Å². The maximum absolute atomic E-state index is 15.3. The molecule has 0 spiro atoms. The topological polar surface area (TPSA) is 23.8 Å². The third-order valence-corrected chi connectivity index (χ3v) is 7.93. The zero-order valence-corrected chi connectivity index (χ0v) is 21.0. The molecule has 35 heavy (non-hydrogen) atoms. The summed E-state index contributed by atoms with van der Waals surface area (Å²) < 4.78 is 29.1. The Morgan fingerprint density at radius 2 is 1.66 bits per heavy atom. The average molecular weight is 474 g/mol. The highest BCUT2D eigenvalue weighted by molar-refractivity contribution is 5.84. The van der Waals surface area contributed by atoms with Gasteiger partial charge in [-0.3, -0.25) is 0 Å².